The molecule has 0 aliphatic carbocycles. The molecule has 0 unspecified atom stereocenters. The highest BCUT2D eigenvalue weighted by atomic mass is 32.1. The smallest absolute Gasteiger partial charge is 0.340 e. The normalized spacial score (nSPS) is 13.4. The summed E-state index contributed by atoms with van der Waals surface area (Å²) >= 11 is 1.40. The van der Waals surface area contributed by atoms with E-state index in [2.05, 4.69) is 4.98 Å². The Morgan fingerprint density at radius 1 is 1.15 bits per heavy atom. The molecule has 1 fully saturated rings. The molecule has 0 amide bonds. The van der Waals surface area contributed by atoms with Crippen molar-refractivity contribution in [2.75, 3.05) is 45.4 Å². The van der Waals surface area contributed by atoms with Gasteiger partial charge in [-0.15, -0.1) is 11.3 Å². The highest BCUT2D eigenvalue weighted by Gasteiger charge is 2.23. The van der Waals surface area contributed by atoms with Crippen LogP contribution in [-0.4, -0.2) is 56.4 Å². The molecule has 1 aliphatic heterocycles. The van der Waals surface area contributed by atoms with Gasteiger partial charge in [-0.25, -0.2) is 9.78 Å². The van der Waals surface area contributed by atoms with Gasteiger partial charge < -0.3 is 23.8 Å². The highest BCUT2D eigenvalue weighted by Crippen LogP contribution is 2.34. The third-order valence-electron chi connectivity index (χ3n) is 5.30. The monoisotopic (exact) mass is 485 g/mol. The number of aromatic nitrogens is 1. The summed E-state index contributed by atoms with van der Waals surface area (Å²) in [5.41, 5.74) is 1.97. The lowest BCUT2D eigenvalue weighted by molar-refractivity contribution is -0.384. The number of ether oxygens (including phenoxy) is 4. The van der Waals surface area contributed by atoms with Crippen LogP contribution in [-0.2, 0) is 16.1 Å². The Balaban J connectivity index is 1.50. The Kier molecular flexibility index (Phi) is 7.24. The van der Waals surface area contributed by atoms with Crippen LogP contribution in [0.1, 0.15) is 16.1 Å². The maximum Gasteiger partial charge on any atom is 0.340 e. The van der Waals surface area contributed by atoms with Crippen LogP contribution in [0.4, 0.5) is 11.4 Å². The second-order valence-electron chi connectivity index (χ2n) is 7.35. The summed E-state index contributed by atoms with van der Waals surface area (Å²) in [6, 6.07) is 9.71. The van der Waals surface area contributed by atoms with Crippen molar-refractivity contribution in [2.24, 2.45) is 0 Å². The maximum atomic E-state index is 12.9. The van der Waals surface area contributed by atoms with Crippen molar-refractivity contribution in [3.05, 3.63) is 63.1 Å². The number of morpholine rings is 1. The molecule has 3 aromatic rings. The van der Waals surface area contributed by atoms with Gasteiger partial charge in [0.15, 0.2) is 11.5 Å². The summed E-state index contributed by atoms with van der Waals surface area (Å²) in [5.74, 6) is 0.556. The Morgan fingerprint density at radius 2 is 1.91 bits per heavy atom. The lowest BCUT2D eigenvalue weighted by atomic mass is 10.1. The summed E-state index contributed by atoms with van der Waals surface area (Å²) in [6.45, 7) is 2.14. The number of benzene rings is 2. The predicted octanol–water partition coefficient (Wildman–Crippen LogP) is 3.93. The minimum atomic E-state index is -0.647. The predicted molar refractivity (Wildman–Crippen MR) is 126 cm³/mol. The molecule has 0 saturated carbocycles. The molecular formula is C23H23N3O7S. The standard InChI is InChI=1S/C23H23N3O7S/c1-30-20-6-3-15(11-21(20)31-2)22-24-16(14-34-22)13-33-23(27)18-12-17(26(28)29)4-5-19(18)25-7-9-32-10-8-25/h3-6,11-12,14H,7-10,13H2,1-2H3. The molecule has 0 radical (unpaired) electrons. The molecule has 0 bridgehead atoms. The van der Waals surface area contributed by atoms with Gasteiger partial charge in [-0.2, -0.15) is 0 Å². The van der Waals surface area contributed by atoms with Crippen molar-refractivity contribution in [3.63, 3.8) is 0 Å². The number of nitro benzene ring substituents is 1. The van der Waals surface area contributed by atoms with Crippen LogP contribution in [0, 0.1) is 10.1 Å². The molecule has 2 aromatic carbocycles. The van der Waals surface area contributed by atoms with Crippen molar-refractivity contribution in [3.8, 4) is 22.1 Å². The number of anilines is 1. The van der Waals surface area contributed by atoms with Crippen molar-refractivity contribution in [1.29, 1.82) is 0 Å². The van der Waals surface area contributed by atoms with E-state index in [4.69, 9.17) is 18.9 Å². The first-order valence-electron chi connectivity index (χ1n) is 10.4. The zero-order valence-corrected chi connectivity index (χ0v) is 19.5. The molecule has 1 aromatic heterocycles. The quantitative estimate of drug-likeness (QED) is 0.266. The third kappa shape index (κ3) is 5.10. The number of carbonyl (C=O) groups is 1. The topological polar surface area (TPSA) is 113 Å². The lowest BCUT2D eigenvalue weighted by Gasteiger charge is -2.30. The molecule has 0 N–H and O–H groups in total. The maximum absolute atomic E-state index is 12.9. The summed E-state index contributed by atoms with van der Waals surface area (Å²) in [7, 11) is 3.13. The van der Waals surface area contributed by atoms with E-state index in [1.54, 1.807) is 31.7 Å². The first-order valence-corrected chi connectivity index (χ1v) is 11.3. The number of nitro groups is 1. The molecular weight excluding hydrogens is 462 g/mol. The van der Waals surface area contributed by atoms with Crippen molar-refractivity contribution >= 4 is 28.7 Å². The highest BCUT2D eigenvalue weighted by molar-refractivity contribution is 7.13. The third-order valence-corrected chi connectivity index (χ3v) is 6.24. The second kappa shape index (κ2) is 10.5. The summed E-state index contributed by atoms with van der Waals surface area (Å²) in [5, 5.41) is 13.8. The van der Waals surface area contributed by atoms with E-state index in [1.807, 2.05) is 17.0 Å². The van der Waals surface area contributed by atoms with Gasteiger partial charge in [0.05, 0.1) is 49.3 Å². The minimum absolute atomic E-state index is 0.0616. The molecule has 178 valence electrons. The van der Waals surface area contributed by atoms with E-state index in [1.165, 1.54) is 23.5 Å². The van der Waals surface area contributed by atoms with Crippen LogP contribution in [0.5, 0.6) is 11.5 Å². The van der Waals surface area contributed by atoms with Crippen LogP contribution >= 0.6 is 11.3 Å². The van der Waals surface area contributed by atoms with Gasteiger partial charge in [-0.05, 0) is 24.3 Å². The Bertz CT molecular complexity index is 1190. The molecule has 10 nitrogen and oxygen atoms in total. The summed E-state index contributed by atoms with van der Waals surface area (Å²) < 4.78 is 21.5. The minimum Gasteiger partial charge on any atom is -0.493 e. The van der Waals surface area contributed by atoms with Crippen molar-refractivity contribution in [1.82, 2.24) is 4.98 Å². The van der Waals surface area contributed by atoms with Gasteiger partial charge in [0, 0.05) is 36.2 Å². The number of hydrogen-bond donors (Lipinski definition) is 0. The van der Waals surface area contributed by atoms with Gasteiger partial charge in [0.2, 0.25) is 0 Å². The van der Waals surface area contributed by atoms with Gasteiger partial charge in [-0.3, -0.25) is 10.1 Å². The second-order valence-corrected chi connectivity index (χ2v) is 8.21. The van der Waals surface area contributed by atoms with E-state index in [0.717, 1.165) is 10.6 Å². The fourth-order valence-corrected chi connectivity index (χ4v) is 4.37. The Labute approximate surface area is 199 Å². The SMILES string of the molecule is COc1ccc(-c2nc(COC(=O)c3cc([N+](=O)[O-])ccc3N3CCOCC3)cs2)cc1OC. The number of nitrogens with zero attached hydrogens (tertiary/aromatic N) is 3. The Morgan fingerprint density at radius 3 is 2.62 bits per heavy atom. The number of rotatable bonds is 8. The number of esters is 1. The van der Waals surface area contributed by atoms with Gasteiger partial charge >= 0.3 is 5.97 Å². The molecule has 34 heavy (non-hydrogen) atoms. The Hall–Kier alpha value is -3.70. The largest absolute Gasteiger partial charge is 0.493 e. The lowest BCUT2D eigenvalue weighted by Crippen LogP contribution is -2.37. The van der Waals surface area contributed by atoms with Crippen molar-refractivity contribution in [2.45, 2.75) is 6.61 Å². The van der Waals surface area contributed by atoms with Gasteiger partial charge in [0.1, 0.15) is 11.6 Å². The molecule has 11 heteroatoms. The molecule has 2 heterocycles. The first kappa shape index (κ1) is 23.5. The van der Waals surface area contributed by atoms with Crippen molar-refractivity contribution < 1.29 is 28.7 Å². The van der Waals surface area contributed by atoms with E-state index in [0.29, 0.717) is 49.2 Å². The number of carbonyl (C=O) groups excluding carboxylic acids is 1. The molecule has 0 spiro atoms. The average molecular weight is 486 g/mol. The van der Waals surface area contributed by atoms with Gasteiger partial charge in [-0.1, -0.05) is 0 Å². The fourth-order valence-electron chi connectivity index (χ4n) is 3.57. The van der Waals surface area contributed by atoms with Crippen LogP contribution in [0.2, 0.25) is 0 Å². The average Bonchev–Trinajstić information content (AvgIpc) is 3.36. The van der Waals surface area contributed by atoms with Gasteiger partial charge in [0.25, 0.3) is 5.69 Å². The van der Waals surface area contributed by atoms with E-state index < -0.39 is 10.9 Å². The van der Waals surface area contributed by atoms with E-state index in [-0.39, 0.29) is 17.9 Å². The molecule has 4 rings (SSSR count). The van der Waals surface area contributed by atoms with E-state index >= 15 is 0 Å². The number of thiazole rings is 1. The fraction of sp³-hybridized carbons (Fsp3) is 0.304. The number of hydrogen-bond acceptors (Lipinski definition) is 10. The van der Waals surface area contributed by atoms with Crippen LogP contribution < -0.4 is 14.4 Å². The zero-order valence-electron chi connectivity index (χ0n) is 18.7. The molecule has 1 saturated heterocycles. The first-order chi connectivity index (χ1) is 16.5. The summed E-state index contributed by atoms with van der Waals surface area (Å²) in [4.78, 5) is 30.2. The number of non-ortho nitro benzene ring substituents is 1. The zero-order chi connectivity index (χ0) is 24.1. The summed E-state index contributed by atoms with van der Waals surface area (Å²) in [6.07, 6.45) is 0. The van der Waals surface area contributed by atoms with Crippen LogP contribution in [0.15, 0.2) is 41.8 Å². The van der Waals surface area contributed by atoms with Crippen LogP contribution in [0.25, 0.3) is 10.6 Å². The van der Waals surface area contributed by atoms with Crippen LogP contribution in [0.3, 0.4) is 0 Å². The van der Waals surface area contributed by atoms with E-state index in [9.17, 15) is 14.9 Å². The molecule has 0 atom stereocenters. The molecule has 1 aliphatic rings. The number of methoxy groups -OCH3 is 2.